The van der Waals surface area contributed by atoms with Gasteiger partial charge in [0.15, 0.2) is 0 Å². The van der Waals surface area contributed by atoms with E-state index in [4.69, 9.17) is 15.5 Å². The number of nitrogens with two attached hydrogens (primary N) is 1. The Morgan fingerprint density at radius 3 is 2.29 bits per heavy atom. The zero-order valence-corrected chi connectivity index (χ0v) is 24.3. The number of pyridine rings is 1. The SMILES string of the molecule is Cc1ccc(-c2c(CSc3ccccc3C(N)=O)c(C)nc(CC(C)C)c2COC(=O)NC(C)(C)C)cc1. The summed E-state index contributed by atoms with van der Waals surface area (Å²) >= 11 is 1.55. The lowest BCUT2D eigenvalue weighted by Crippen LogP contribution is -2.40. The highest BCUT2D eigenvalue weighted by molar-refractivity contribution is 7.98. The summed E-state index contributed by atoms with van der Waals surface area (Å²) in [5.74, 6) is 0.501. The van der Waals surface area contributed by atoms with Gasteiger partial charge in [-0.3, -0.25) is 9.78 Å². The zero-order valence-electron chi connectivity index (χ0n) is 23.5. The van der Waals surface area contributed by atoms with Gasteiger partial charge in [-0.25, -0.2) is 4.79 Å². The van der Waals surface area contributed by atoms with Gasteiger partial charge < -0.3 is 15.8 Å². The molecule has 202 valence electrons. The Kier molecular flexibility index (Phi) is 9.60. The van der Waals surface area contributed by atoms with Crippen LogP contribution in [0.1, 0.15) is 73.1 Å². The Hall–Kier alpha value is -3.32. The number of ether oxygens (including phenoxy) is 1. The van der Waals surface area contributed by atoms with Crippen molar-refractivity contribution in [2.24, 2.45) is 11.7 Å². The standard InChI is InChI=1S/C31H39N3O3S/c1-19(2)16-26-24(17-37-30(36)34-31(5,6)7)28(22-14-12-20(3)13-15-22)25(21(4)33-26)18-38-27-11-9-8-10-23(27)29(32)35/h8-15,19H,16-18H2,1-7H3,(H2,32,35)(H,34,36). The third-order valence-corrected chi connectivity index (χ3v) is 7.08. The minimum atomic E-state index is -0.463. The van der Waals surface area contributed by atoms with Crippen LogP contribution in [-0.4, -0.2) is 22.5 Å². The van der Waals surface area contributed by atoms with Gasteiger partial charge in [0.2, 0.25) is 5.91 Å². The van der Waals surface area contributed by atoms with Crippen molar-refractivity contribution in [1.29, 1.82) is 0 Å². The topological polar surface area (TPSA) is 94.3 Å². The number of hydrogen-bond acceptors (Lipinski definition) is 5. The number of primary amides is 1. The van der Waals surface area contributed by atoms with E-state index in [1.165, 1.54) is 0 Å². The van der Waals surface area contributed by atoms with Crippen LogP contribution < -0.4 is 11.1 Å². The van der Waals surface area contributed by atoms with Crippen LogP contribution in [0.15, 0.2) is 53.4 Å². The maximum absolute atomic E-state index is 12.6. The summed E-state index contributed by atoms with van der Waals surface area (Å²) in [5.41, 5.74) is 12.8. The summed E-state index contributed by atoms with van der Waals surface area (Å²) < 4.78 is 5.76. The second-order valence-corrected chi connectivity index (χ2v) is 12.1. The fourth-order valence-electron chi connectivity index (χ4n) is 4.23. The number of aromatic nitrogens is 1. The molecule has 6 nitrogen and oxygen atoms in total. The van der Waals surface area contributed by atoms with Crippen molar-refractivity contribution in [2.75, 3.05) is 0 Å². The van der Waals surface area contributed by atoms with Gasteiger partial charge in [-0.15, -0.1) is 11.8 Å². The molecular weight excluding hydrogens is 494 g/mol. The highest BCUT2D eigenvalue weighted by atomic mass is 32.2. The molecule has 3 rings (SSSR count). The smallest absolute Gasteiger partial charge is 0.407 e. The van der Waals surface area contributed by atoms with E-state index in [-0.39, 0.29) is 6.61 Å². The number of nitrogens with one attached hydrogen (secondary N) is 1. The molecule has 0 unspecified atom stereocenters. The first kappa shape index (κ1) is 29.2. The van der Waals surface area contributed by atoms with Crippen molar-refractivity contribution in [3.05, 3.63) is 82.2 Å². The third-order valence-electron chi connectivity index (χ3n) is 5.98. The highest BCUT2D eigenvalue weighted by Crippen LogP contribution is 2.37. The second-order valence-electron chi connectivity index (χ2n) is 11.0. The van der Waals surface area contributed by atoms with Crippen molar-refractivity contribution in [2.45, 2.75) is 77.7 Å². The van der Waals surface area contributed by atoms with Gasteiger partial charge in [0.05, 0.1) is 5.56 Å². The number of alkyl carbamates (subject to hydrolysis) is 1. The molecule has 0 fully saturated rings. The number of carbonyl (C=O) groups is 2. The van der Waals surface area contributed by atoms with Crippen LogP contribution in [-0.2, 0) is 23.5 Å². The van der Waals surface area contributed by atoms with E-state index in [1.807, 2.05) is 45.9 Å². The zero-order chi connectivity index (χ0) is 28.0. The monoisotopic (exact) mass is 533 g/mol. The first-order valence-corrected chi connectivity index (χ1v) is 13.9. The van der Waals surface area contributed by atoms with Crippen molar-refractivity contribution < 1.29 is 14.3 Å². The highest BCUT2D eigenvalue weighted by Gasteiger charge is 2.23. The lowest BCUT2D eigenvalue weighted by atomic mass is 9.90. The van der Waals surface area contributed by atoms with Crippen molar-refractivity contribution in [3.8, 4) is 11.1 Å². The number of amides is 2. The van der Waals surface area contributed by atoms with Gasteiger partial charge in [-0.2, -0.15) is 0 Å². The summed E-state index contributed by atoms with van der Waals surface area (Å²) in [4.78, 5) is 30.5. The Bertz CT molecular complexity index is 1290. The lowest BCUT2D eigenvalue weighted by Gasteiger charge is -2.23. The number of thioether (sulfide) groups is 1. The summed E-state index contributed by atoms with van der Waals surface area (Å²) in [6, 6.07) is 15.8. The Labute approximate surface area is 230 Å². The van der Waals surface area contributed by atoms with Crippen LogP contribution in [0.4, 0.5) is 4.79 Å². The van der Waals surface area contributed by atoms with Crippen LogP contribution in [0.3, 0.4) is 0 Å². The summed E-state index contributed by atoms with van der Waals surface area (Å²) in [6.45, 7) is 14.3. The predicted octanol–water partition coefficient (Wildman–Crippen LogP) is 6.98. The van der Waals surface area contributed by atoms with Crippen molar-refractivity contribution >= 4 is 23.8 Å². The lowest BCUT2D eigenvalue weighted by molar-refractivity contribution is 0.0997. The normalized spacial score (nSPS) is 11.5. The molecule has 3 N–H and O–H groups in total. The van der Waals surface area contributed by atoms with E-state index in [1.54, 1.807) is 17.8 Å². The van der Waals surface area contributed by atoms with E-state index < -0.39 is 17.5 Å². The molecule has 0 spiro atoms. The molecule has 0 aliphatic heterocycles. The summed E-state index contributed by atoms with van der Waals surface area (Å²) in [6.07, 6.45) is 0.298. The van der Waals surface area contributed by atoms with Gasteiger partial charge >= 0.3 is 6.09 Å². The molecule has 38 heavy (non-hydrogen) atoms. The molecule has 0 radical (unpaired) electrons. The van der Waals surface area contributed by atoms with E-state index in [0.29, 0.717) is 17.2 Å². The minimum absolute atomic E-state index is 0.107. The molecule has 1 heterocycles. The van der Waals surface area contributed by atoms with E-state index in [9.17, 15) is 9.59 Å². The second kappa shape index (κ2) is 12.5. The fraction of sp³-hybridized carbons (Fsp3) is 0.387. The van der Waals surface area contributed by atoms with E-state index in [0.717, 1.165) is 50.5 Å². The predicted molar refractivity (Wildman–Crippen MR) is 155 cm³/mol. The van der Waals surface area contributed by atoms with Crippen LogP contribution in [0.2, 0.25) is 0 Å². The molecule has 0 aliphatic rings. The molecule has 2 amide bonds. The number of nitrogens with zero attached hydrogens (tertiary/aromatic N) is 1. The largest absolute Gasteiger partial charge is 0.445 e. The van der Waals surface area contributed by atoms with Gasteiger partial charge in [-0.05, 0) is 75.8 Å². The molecular formula is C31H39N3O3S. The van der Waals surface area contributed by atoms with Gasteiger partial charge in [-0.1, -0.05) is 55.8 Å². The molecule has 0 saturated carbocycles. The van der Waals surface area contributed by atoms with Crippen LogP contribution >= 0.6 is 11.8 Å². The molecule has 1 aromatic heterocycles. The number of hydrogen-bond donors (Lipinski definition) is 2. The average Bonchev–Trinajstić information content (AvgIpc) is 2.81. The molecule has 7 heteroatoms. The summed E-state index contributed by atoms with van der Waals surface area (Å²) in [7, 11) is 0. The quantitative estimate of drug-likeness (QED) is 0.289. The number of carbonyl (C=O) groups excluding carboxylic acids is 2. The molecule has 0 saturated heterocycles. The average molecular weight is 534 g/mol. The minimum Gasteiger partial charge on any atom is -0.445 e. The summed E-state index contributed by atoms with van der Waals surface area (Å²) in [5, 5.41) is 2.88. The van der Waals surface area contributed by atoms with Gasteiger partial charge in [0.25, 0.3) is 0 Å². The molecule has 3 aromatic rings. The number of aryl methyl sites for hydroxylation is 2. The van der Waals surface area contributed by atoms with E-state index in [2.05, 4.69) is 50.4 Å². The third kappa shape index (κ3) is 7.84. The first-order valence-electron chi connectivity index (χ1n) is 12.9. The maximum atomic E-state index is 12.6. The van der Waals surface area contributed by atoms with Crippen molar-refractivity contribution in [1.82, 2.24) is 10.3 Å². The Morgan fingerprint density at radius 1 is 1.03 bits per heavy atom. The van der Waals surface area contributed by atoms with Gasteiger partial charge in [0, 0.05) is 33.1 Å². The van der Waals surface area contributed by atoms with E-state index >= 15 is 0 Å². The number of rotatable bonds is 9. The molecule has 2 aromatic carbocycles. The van der Waals surface area contributed by atoms with Gasteiger partial charge in [0.1, 0.15) is 6.61 Å². The Balaban J connectivity index is 2.13. The van der Waals surface area contributed by atoms with Crippen LogP contribution in [0.5, 0.6) is 0 Å². The first-order chi connectivity index (χ1) is 17.9. The maximum Gasteiger partial charge on any atom is 0.407 e. The Morgan fingerprint density at radius 2 is 1.68 bits per heavy atom. The molecule has 0 atom stereocenters. The van der Waals surface area contributed by atoms with Crippen molar-refractivity contribution in [3.63, 3.8) is 0 Å². The molecule has 0 aliphatic carbocycles. The molecule has 0 bridgehead atoms. The number of benzene rings is 2. The van der Waals surface area contributed by atoms with Crippen LogP contribution in [0.25, 0.3) is 11.1 Å². The fourth-order valence-corrected chi connectivity index (χ4v) is 5.38. The van der Waals surface area contributed by atoms with Crippen LogP contribution in [0, 0.1) is 19.8 Å².